The van der Waals surface area contributed by atoms with Crippen molar-refractivity contribution in [1.29, 1.82) is 0 Å². The third-order valence-electron chi connectivity index (χ3n) is 12.7. The summed E-state index contributed by atoms with van der Waals surface area (Å²) in [6.07, 6.45) is 61.9. The van der Waals surface area contributed by atoms with Gasteiger partial charge in [0.25, 0.3) is 0 Å². The quantitative estimate of drug-likeness (QED) is 0.0321. The SMILES string of the molecule is CCCCCCCCCCCCCCCC/C=C/C(O)C(CO)NC(=O)CCCCCCC/C=C\CCCCCOC(=O)CCCCCCCCCCCCCCCCCCC. The molecule has 0 heterocycles. The van der Waals surface area contributed by atoms with E-state index in [1.165, 1.54) is 193 Å². The molecule has 6 nitrogen and oxygen atoms in total. The average molecular weight is 874 g/mol. The van der Waals surface area contributed by atoms with Crippen LogP contribution in [0.2, 0.25) is 0 Å². The van der Waals surface area contributed by atoms with Crippen molar-refractivity contribution in [3.8, 4) is 0 Å². The van der Waals surface area contributed by atoms with Crippen LogP contribution in [0.3, 0.4) is 0 Å². The van der Waals surface area contributed by atoms with Crippen LogP contribution in [-0.2, 0) is 14.3 Å². The van der Waals surface area contributed by atoms with Crippen LogP contribution < -0.4 is 5.32 Å². The number of ether oxygens (including phenoxy) is 1. The molecule has 366 valence electrons. The van der Waals surface area contributed by atoms with E-state index < -0.39 is 12.1 Å². The summed E-state index contributed by atoms with van der Waals surface area (Å²) in [5.41, 5.74) is 0. The van der Waals surface area contributed by atoms with Crippen LogP contribution in [0, 0.1) is 0 Å². The molecule has 1 amide bonds. The molecule has 62 heavy (non-hydrogen) atoms. The Kier molecular flexibility index (Phi) is 50.6. The van der Waals surface area contributed by atoms with Gasteiger partial charge in [-0.15, -0.1) is 0 Å². The number of carbonyl (C=O) groups is 2. The fourth-order valence-corrected chi connectivity index (χ4v) is 8.45. The van der Waals surface area contributed by atoms with Crippen molar-refractivity contribution in [2.24, 2.45) is 0 Å². The zero-order valence-corrected chi connectivity index (χ0v) is 41.6. The first-order chi connectivity index (χ1) is 30.5. The summed E-state index contributed by atoms with van der Waals surface area (Å²) in [4.78, 5) is 24.5. The number of aliphatic hydroxyl groups excluding tert-OH is 2. The lowest BCUT2D eigenvalue weighted by molar-refractivity contribution is -0.143. The third-order valence-corrected chi connectivity index (χ3v) is 12.7. The van der Waals surface area contributed by atoms with E-state index in [2.05, 4.69) is 31.3 Å². The fraction of sp³-hybridized carbons (Fsp3) is 0.893. The average Bonchev–Trinajstić information content (AvgIpc) is 3.27. The maximum atomic E-state index is 12.4. The van der Waals surface area contributed by atoms with Crippen molar-refractivity contribution < 1.29 is 24.5 Å². The third kappa shape index (κ3) is 47.8. The number of carbonyl (C=O) groups excluding carboxylic acids is 2. The summed E-state index contributed by atoms with van der Waals surface area (Å²) in [7, 11) is 0. The summed E-state index contributed by atoms with van der Waals surface area (Å²) in [5.74, 6) is -0.113. The van der Waals surface area contributed by atoms with E-state index in [1.54, 1.807) is 6.08 Å². The molecule has 0 rings (SSSR count). The van der Waals surface area contributed by atoms with E-state index in [0.29, 0.717) is 19.4 Å². The second-order valence-electron chi connectivity index (χ2n) is 18.9. The van der Waals surface area contributed by atoms with Crippen molar-refractivity contribution in [2.45, 2.75) is 309 Å². The van der Waals surface area contributed by atoms with Gasteiger partial charge in [-0.2, -0.15) is 0 Å². The summed E-state index contributed by atoms with van der Waals surface area (Å²) in [5, 5.41) is 23.1. The molecule has 3 N–H and O–H groups in total. The van der Waals surface area contributed by atoms with Crippen molar-refractivity contribution in [3.05, 3.63) is 24.3 Å². The van der Waals surface area contributed by atoms with Gasteiger partial charge < -0.3 is 20.3 Å². The molecule has 0 aromatic heterocycles. The summed E-state index contributed by atoms with van der Waals surface area (Å²) < 4.78 is 5.46. The molecule has 0 aliphatic rings. The molecule has 0 aromatic carbocycles. The van der Waals surface area contributed by atoms with Crippen molar-refractivity contribution in [1.82, 2.24) is 5.32 Å². The normalized spacial score (nSPS) is 12.8. The second kappa shape index (κ2) is 52.0. The molecule has 0 aliphatic heterocycles. The molecular weight excluding hydrogens is 767 g/mol. The van der Waals surface area contributed by atoms with Gasteiger partial charge in [0.1, 0.15) is 0 Å². The predicted octanol–water partition coefficient (Wildman–Crippen LogP) is 16.7. The maximum Gasteiger partial charge on any atom is 0.305 e. The molecule has 0 saturated carbocycles. The predicted molar refractivity (Wildman–Crippen MR) is 269 cm³/mol. The van der Waals surface area contributed by atoms with E-state index in [4.69, 9.17) is 4.74 Å². The van der Waals surface area contributed by atoms with Gasteiger partial charge in [-0.05, 0) is 64.2 Å². The molecule has 2 atom stereocenters. The van der Waals surface area contributed by atoms with Gasteiger partial charge in [0, 0.05) is 12.8 Å². The number of allylic oxidation sites excluding steroid dienone is 3. The Morgan fingerprint density at radius 3 is 1.15 bits per heavy atom. The number of esters is 1. The van der Waals surface area contributed by atoms with Crippen molar-refractivity contribution in [2.75, 3.05) is 13.2 Å². The Labute approximate surface area is 386 Å². The molecule has 0 aliphatic carbocycles. The van der Waals surface area contributed by atoms with Gasteiger partial charge in [0.15, 0.2) is 0 Å². The first-order valence-electron chi connectivity index (χ1n) is 27.6. The Morgan fingerprint density at radius 2 is 0.758 bits per heavy atom. The summed E-state index contributed by atoms with van der Waals surface area (Å²) >= 11 is 0. The highest BCUT2D eigenvalue weighted by atomic mass is 16.5. The van der Waals surface area contributed by atoms with Crippen LogP contribution in [0.5, 0.6) is 0 Å². The molecule has 0 spiro atoms. The molecule has 0 bridgehead atoms. The lowest BCUT2D eigenvalue weighted by atomic mass is 10.0. The largest absolute Gasteiger partial charge is 0.466 e. The standard InChI is InChI=1S/C56H107NO5/c1-3-5-7-9-11-13-15-17-19-21-23-25-30-34-38-42-46-50-56(61)62-51-47-43-39-35-31-27-26-29-33-37-41-45-49-55(60)57-53(52-58)54(59)48-44-40-36-32-28-24-22-20-18-16-14-12-10-8-6-4-2/h27,31,44,48,53-54,58-59H,3-26,28-30,32-43,45-47,49-52H2,1-2H3,(H,57,60)/b31-27-,48-44+. The van der Waals surface area contributed by atoms with Gasteiger partial charge in [-0.25, -0.2) is 0 Å². The number of hydrogen-bond donors (Lipinski definition) is 3. The molecule has 0 radical (unpaired) electrons. The number of nitrogens with one attached hydrogen (secondary N) is 1. The molecule has 6 heteroatoms. The number of unbranched alkanes of at least 4 members (excludes halogenated alkanes) is 38. The zero-order valence-electron chi connectivity index (χ0n) is 41.6. The lowest BCUT2D eigenvalue weighted by Crippen LogP contribution is -2.45. The topological polar surface area (TPSA) is 95.9 Å². The van der Waals surface area contributed by atoms with Crippen LogP contribution in [0.15, 0.2) is 24.3 Å². The highest BCUT2D eigenvalue weighted by molar-refractivity contribution is 5.76. The zero-order chi connectivity index (χ0) is 45.1. The van der Waals surface area contributed by atoms with E-state index in [0.717, 1.165) is 77.0 Å². The van der Waals surface area contributed by atoms with Crippen LogP contribution in [0.25, 0.3) is 0 Å². The molecule has 0 saturated heterocycles. The second-order valence-corrected chi connectivity index (χ2v) is 18.9. The fourth-order valence-electron chi connectivity index (χ4n) is 8.45. The molecule has 2 unspecified atom stereocenters. The minimum absolute atomic E-state index is 0.0204. The lowest BCUT2D eigenvalue weighted by Gasteiger charge is -2.20. The van der Waals surface area contributed by atoms with Crippen LogP contribution in [-0.4, -0.2) is 47.4 Å². The van der Waals surface area contributed by atoms with Crippen molar-refractivity contribution >= 4 is 11.9 Å². The van der Waals surface area contributed by atoms with E-state index in [-0.39, 0.29) is 18.5 Å². The van der Waals surface area contributed by atoms with Crippen LogP contribution in [0.4, 0.5) is 0 Å². The Hall–Kier alpha value is -1.66. The highest BCUT2D eigenvalue weighted by Gasteiger charge is 2.18. The summed E-state index contributed by atoms with van der Waals surface area (Å²) in [6.45, 7) is 4.86. The van der Waals surface area contributed by atoms with Gasteiger partial charge in [0.2, 0.25) is 5.91 Å². The Morgan fingerprint density at radius 1 is 0.435 bits per heavy atom. The smallest absolute Gasteiger partial charge is 0.305 e. The van der Waals surface area contributed by atoms with Gasteiger partial charge in [-0.1, -0.05) is 244 Å². The Bertz CT molecular complexity index is 966. The molecular formula is C56H107NO5. The minimum atomic E-state index is -0.860. The Balaban J connectivity index is 3.51. The van der Waals surface area contributed by atoms with E-state index in [1.807, 2.05) is 6.08 Å². The van der Waals surface area contributed by atoms with Gasteiger partial charge in [-0.3, -0.25) is 9.59 Å². The monoisotopic (exact) mass is 874 g/mol. The number of rotatable bonds is 51. The first kappa shape index (κ1) is 60.3. The molecule has 0 aromatic rings. The highest BCUT2D eigenvalue weighted by Crippen LogP contribution is 2.16. The maximum absolute atomic E-state index is 12.4. The van der Waals surface area contributed by atoms with Gasteiger partial charge in [0.05, 0.1) is 25.4 Å². The number of amides is 1. The van der Waals surface area contributed by atoms with Gasteiger partial charge >= 0.3 is 5.97 Å². The molecule has 0 fully saturated rings. The van der Waals surface area contributed by atoms with E-state index in [9.17, 15) is 19.8 Å². The summed E-state index contributed by atoms with van der Waals surface area (Å²) in [6, 6.07) is -0.646. The van der Waals surface area contributed by atoms with E-state index >= 15 is 0 Å². The van der Waals surface area contributed by atoms with Crippen molar-refractivity contribution in [3.63, 3.8) is 0 Å². The van der Waals surface area contributed by atoms with Crippen LogP contribution in [0.1, 0.15) is 296 Å². The number of aliphatic hydroxyl groups is 2. The number of hydrogen-bond acceptors (Lipinski definition) is 5. The van der Waals surface area contributed by atoms with Crippen LogP contribution >= 0.6 is 0 Å². The first-order valence-corrected chi connectivity index (χ1v) is 27.6. The minimum Gasteiger partial charge on any atom is -0.466 e.